The van der Waals surface area contributed by atoms with Crippen molar-refractivity contribution >= 4 is 21.3 Å². The van der Waals surface area contributed by atoms with Crippen molar-refractivity contribution in [2.24, 2.45) is 0 Å². The minimum absolute atomic E-state index is 0.183. The third-order valence-corrected chi connectivity index (χ3v) is 7.18. The molecular weight excluding hydrogens is 414 g/mol. The lowest BCUT2D eigenvalue weighted by Crippen LogP contribution is -2.19. The second kappa shape index (κ2) is 8.55. The van der Waals surface area contributed by atoms with Crippen molar-refractivity contribution in [2.75, 3.05) is 11.6 Å². The van der Waals surface area contributed by atoms with Gasteiger partial charge in [-0.3, -0.25) is 4.98 Å². The molecule has 4 rings (SSSR count). The van der Waals surface area contributed by atoms with E-state index in [0.717, 1.165) is 48.9 Å². The monoisotopic (exact) mass is 443 g/mol. The van der Waals surface area contributed by atoms with Gasteiger partial charge in [0.15, 0.2) is 9.84 Å². The van der Waals surface area contributed by atoms with Gasteiger partial charge < -0.3 is 10.4 Å². The number of pyridine rings is 1. The van der Waals surface area contributed by atoms with Crippen LogP contribution in [0.5, 0.6) is 0 Å². The highest BCUT2D eigenvalue weighted by molar-refractivity contribution is 7.90. The van der Waals surface area contributed by atoms with Crippen molar-refractivity contribution < 1.29 is 13.5 Å². The summed E-state index contributed by atoms with van der Waals surface area (Å²) in [5.41, 5.74) is 3.43. The molecule has 0 bridgehead atoms. The van der Waals surface area contributed by atoms with Crippen LogP contribution in [0.4, 0.5) is 5.95 Å². The molecule has 0 amide bonds. The molecule has 166 valence electrons. The van der Waals surface area contributed by atoms with E-state index in [0.29, 0.717) is 11.5 Å². The normalized spacial score (nSPS) is 20.6. The molecule has 0 spiro atoms. The number of nitrogens with zero attached hydrogens (tertiary/aromatic N) is 4. The van der Waals surface area contributed by atoms with Crippen LogP contribution in [0.15, 0.2) is 35.6 Å². The standard InChI is InChI=1S/C22H29N5O3S/c1-4-14(2)25-22-24-13-21-19(16-9-18(12-23-11-16)31(3,29)30)10-20(27(21)26-22)15-5-7-17(28)8-6-15/h9-15,17,28H,4-8H2,1-3H3,(H,25,26)/t14-,15?,17?/m0/s1. The highest BCUT2D eigenvalue weighted by Gasteiger charge is 2.26. The SMILES string of the molecule is CC[C@H](C)Nc1ncc2c(-c3cncc(S(C)(=O)=O)c3)cc(C3CCC(O)CC3)n2n1. The van der Waals surface area contributed by atoms with Crippen molar-refractivity contribution in [3.05, 3.63) is 36.4 Å². The summed E-state index contributed by atoms with van der Waals surface area (Å²) >= 11 is 0. The molecule has 3 aromatic rings. The van der Waals surface area contributed by atoms with Gasteiger partial charge in [0.1, 0.15) is 0 Å². The maximum absolute atomic E-state index is 12.0. The summed E-state index contributed by atoms with van der Waals surface area (Å²) < 4.78 is 26.0. The van der Waals surface area contributed by atoms with Crippen LogP contribution >= 0.6 is 0 Å². The number of sulfone groups is 1. The smallest absolute Gasteiger partial charge is 0.241 e. The fourth-order valence-corrected chi connectivity index (χ4v) is 4.66. The topological polar surface area (TPSA) is 109 Å². The van der Waals surface area contributed by atoms with Crippen molar-refractivity contribution in [3.8, 4) is 11.1 Å². The van der Waals surface area contributed by atoms with Crippen LogP contribution in [-0.4, -0.2) is 51.5 Å². The summed E-state index contributed by atoms with van der Waals surface area (Å²) in [5, 5.41) is 18.0. The zero-order chi connectivity index (χ0) is 22.2. The van der Waals surface area contributed by atoms with Crippen molar-refractivity contribution in [3.63, 3.8) is 0 Å². The van der Waals surface area contributed by atoms with Gasteiger partial charge in [-0.15, -0.1) is 5.10 Å². The molecule has 1 atom stereocenters. The summed E-state index contributed by atoms with van der Waals surface area (Å²) in [6, 6.07) is 3.97. The Balaban J connectivity index is 1.84. The molecule has 0 unspecified atom stereocenters. The van der Waals surface area contributed by atoms with E-state index in [-0.39, 0.29) is 23.0 Å². The van der Waals surface area contributed by atoms with Crippen LogP contribution in [0.2, 0.25) is 0 Å². The number of rotatable bonds is 6. The lowest BCUT2D eigenvalue weighted by molar-refractivity contribution is 0.121. The molecule has 3 aromatic heterocycles. The summed E-state index contributed by atoms with van der Waals surface area (Å²) in [6.07, 6.45) is 10.0. The molecule has 1 fully saturated rings. The van der Waals surface area contributed by atoms with E-state index in [1.165, 1.54) is 12.5 Å². The lowest BCUT2D eigenvalue weighted by Gasteiger charge is -2.25. The van der Waals surface area contributed by atoms with Gasteiger partial charge in [-0.05, 0) is 51.2 Å². The third kappa shape index (κ3) is 4.57. The van der Waals surface area contributed by atoms with Crippen LogP contribution in [0.3, 0.4) is 0 Å². The second-order valence-electron chi connectivity index (χ2n) is 8.50. The largest absolute Gasteiger partial charge is 0.393 e. The molecule has 3 heterocycles. The van der Waals surface area contributed by atoms with Crippen LogP contribution in [0, 0.1) is 0 Å². The van der Waals surface area contributed by atoms with Gasteiger partial charge in [-0.25, -0.2) is 17.9 Å². The summed E-state index contributed by atoms with van der Waals surface area (Å²) in [4.78, 5) is 8.84. The maximum atomic E-state index is 12.0. The van der Waals surface area contributed by atoms with Gasteiger partial charge in [-0.2, -0.15) is 0 Å². The van der Waals surface area contributed by atoms with Gasteiger partial charge in [0.2, 0.25) is 5.95 Å². The van der Waals surface area contributed by atoms with Gasteiger partial charge in [-0.1, -0.05) is 6.92 Å². The van der Waals surface area contributed by atoms with E-state index >= 15 is 0 Å². The number of nitrogens with one attached hydrogen (secondary N) is 1. The Hall–Kier alpha value is -2.52. The number of hydrogen-bond acceptors (Lipinski definition) is 7. The summed E-state index contributed by atoms with van der Waals surface area (Å²) in [7, 11) is -3.37. The van der Waals surface area contributed by atoms with E-state index in [1.807, 2.05) is 4.52 Å². The second-order valence-corrected chi connectivity index (χ2v) is 10.5. The first-order chi connectivity index (χ1) is 14.8. The molecule has 0 aliphatic heterocycles. The van der Waals surface area contributed by atoms with Crippen LogP contribution < -0.4 is 5.32 Å². The first-order valence-corrected chi connectivity index (χ1v) is 12.6. The molecule has 1 aliphatic rings. The molecule has 2 N–H and O–H groups in total. The zero-order valence-corrected chi connectivity index (χ0v) is 18.9. The Morgan fingerprint density at radius 2 is 1.94 bits per heavy atom. The Morgan fingerprint density at radius 3 is 2.61 bits per heavy atom. The van der Waals surface area contributed by atoms with Crippen molar-refractivity contribution in [1.82, 2.24) is 19.6 Å². The molecule has 0 radical (unpaired) electrons. The van der Waals surface area contributed by atoms with Crippen LogP contribution in [-0.2, 0) is 9.84 Å². The molecule has 1 aliphatic carbocycles. The fourth-order valence-electron chi connectivity index (χ4n) is 4.07. The maximum Gasteiger partial charge on any atom is 0.241 e. The van der Waals surface area contributed by atoms with Gasteiger partial charge in [0, 0.05) is 47.4 Å². The minimum atomic E-state index is -3.37. The quantitative estimate of drug-likeness (QED) is 0.601. The van der Waals surface area contributed by atoms with Crippen molar-refractivity contribution in [2.45, 2.75) is 68.9 Å². The molecule has 0 saturated heterocycles. The van der Waals surface area contributed by atoms with E-state index in [1.54, 1.807) is 18.5 Å². The molecule has 31 heavy (non-hydrogen) atoms. The fraction of sp³-hybridized carbons (Fsp3) is 0.500. The number of aliphatic hydroxyl groups is 1. The number of anilines is 1. The molecule has 0 aromatic carbocycles. The average molecular weight is 444 g/mol. The predicted molar refractivity (Wildman–Crippen MR) is 120 cm³/mol. The van der Waals surface area contributed by atoms with Crippen molar-refractivity contribution in [1.29, 1.82) is 0 Å². The number of aliphatic hydroxyl groups excluding tert-OH is 1. The zero-order valence-electron chi connectivity index (χ0n) is 18.1. The Morgan fingerprint density at radius 1 is 1.19 bits per heavy atom. The van der Waals surface area contributed by atoms with E-state index in [2.05, 4.69) is 35.2 Å². The van der Waals surface area contributed by atoms with E-state index in [9.17, 15) is 13.5 Å². The minimum Gasteiger partial charge on any atom is -0.393 e. The Kier molecular flexibility index (Phi) is 5.98. The lowest BCUT2D eigenvalue weighted by atomic mass is 9.85. The van der Waals surface area contributed by atoms with Crippen LogP contribution in [0.1, 0.15) is 57.6 Å². The number of fused-ring (bicyclic) bond motifs is 1. The highest BCUT2D eigenvalue weighted by atomic mass is 32.2. The highest BCUT2D eigenvalue weighted by Crippen LogP contribution is 2.37. The van der Waals surface area contributed by atoms with Gasteiger partial charge in [0.25, 0.3) is 0 Å². The number of aromatic nitrogens is 4. The molecular formula is C22H29N5O3S. The average Bonchev–Trinajstić information content (AvgIpc) is 3.12. The Bertz CT molecular complexity index is 1180. The van der Waals surface area contributed by atoms with Gasteiger partial charge in [0.05, 0.1) is 22.7 Å². The first-order valence-electron chi connectivity index (χ1n) is 10.7. The molecule has 9 heteroatoms. The molecule has 8 nitrogen and oxygen atoms in total. The summed E-state index contributed by atoms with van der Waals surface area (Å²) in [6.45, 7) is 4.19. The first kappa shape index (κ1) is 21.7. The Labute approximate surface area is 182 Å². The van der Waals surface area contributed by atoms with E-state index < -0.39 is 9.84 Å². The third-order valence-electron chi connectivity index (χ3n) is 6.10. The van der Waals surface area contributed by atoms with Gasteiger partial charge >= 0.3 is 0 Å². The van der Waals surface area contributed by atoms with E-state index in [4.69, 9.17) is 5.10 Å². The molecule has 1 saturated carbocycles. The predicted octanol–water partition coefficient (Wildman–Crippen LogP) is 3.42. The van der Waals surface area contributed by atoms with Crippen LogP contribution in [0.25, 0.3) is 16.6 Å². The summed E-state index contributed by atoms with van der Waals surface area (Å²) in [5.74, 6) is 0.825. The number of hydrogen-bond donors (Lipinski definition) is 2.